The molecule has 1 fully saturated rings. The Kier molecular flexibility index (Phi) is 7.45. The number of carbonyl (C=O) groups is 3. The lowest BCUT2D eigenvalue weighted by Gasteiger charge is -2.29. The fraction of sp³-hybridized carbons (Fsp3) is 0.348. The molecule has 2 atom stereocenters. The first-order valence-corrected chi connectivity index (χ1v) is 11.2. The van der Waals surface area contributed by atoms with Crippen LogP contribution in [0.2, 0.25) is 5.02 Å². The summed E-state index contributed by atoms with van der Waals surface area (Å²) in [7, 11) is 0. The van der Waals surface area contributed by atoms with Crippen molar-refractivity contribution in [2.24, 2.45) is 5.92 Å². The van der Waals surface area contributed by atoms with Gasteiger partial charge in [-0.1, -0.05) is 53.5 Å². The molecular weight excluding hydrogens is 468 g/mol. The molecule has 30 heavy (non-hydrogen) atoms. The number of hydrogen-bond donors (Lipinski definition) is 0. The lowest BCUT2D eigenvalue weighted by molar-refractivity contribution is -0.140. The van der Waals surface area contributed by atoms with Gasteiger partial charge < -0.3 is 9.80 Å². The lowest BCUT2D eigenvalue weighted by Crippen LogP contribution is -2.38. The minimum Gasteiger partial charge on any atom is -0.327 e. The zero-order valence-electron chi connectivity index (χ0n) is 17.0. The highest BCUT2D eigenvalue weighted by atomic mass is 79.9. The van der Waals surface area contributed by atoms with Crippen LogP contribution in [0.15, 0.2) is 53.0 Å². The molecule has 0 spiro atoms. The SMILES string of the molecule is CCN(CC)CCN1C(=O)C(=O)C(C(=O)c2ccc(Cl)cc2)C1c1cccc(Br)c1. The molecule has 158 valence electrons. The first-order chi connectivity index (χ1) is 14.4. The van der Waals surface area contributed by atoms with Crippen LogP contribution in [0.4, 0.5) is 0 Å². The second-order valence-electron chi connectivity index (χ2n) is 7.24. The highest BCUT2D eigenvalue weighted by Gasteiger charge is 2.51. The molecule has 1 amide bonds. The van der Waals surface area contributed by atoms with Crippen molar-refractivity contribution in [1.29, 1.82) is 0 Å². The molecule has 0 radical (unpaired) electrons. The van der Waals surface area contributed by atoms with E-state index in [1.54, 1.807) is 29.2 Å². The van der Waals surface area contributed by atoms with Crippen LogP contribution in [-0.2, 0) is 9.59 Å². The van der Waals surface area contributed by atoms with Crippen LogP contribution < -0.4 is 0 Å². The first-order valence-electron chi connectivity index (χ1n) is 9.99. The Labute approximate surface area is 190 Å². The molecule has 3 rings (SSSR count). The second-order valence-corrected chi connectivity index (χ2v) is 8.59. The van der Waals surface area contributed by atoms with Gasteiger partial charge in [-0.05, 0) is 55.1 Å². The molecule has 5 nitrogen and oxygen atoms in total. The van der Waals surface area contributed by atoms with Crippen LogP contribution in [0.5, 0.6) is 0 Å². The van der Waals surface area contributed by atoms with E-state index in [0.717, 1.165) is 23.1 Å². The number of halogens is 2. The van der Waals surface area contributed by atoms with Crippen molar-refractivity contribution < 1.29 is 14.4 Å². The molecular formula is C23H24BrClN2O3. The van der Waals surface area contributed by atoms with Crippen LogP contribution in [0.25, 0.3) is 0 Å². The maximum Gasteiger partial charge on any atom is 0.291 e. The van der Waals surface area contributed by atoms with Crippen LogP contribution in [0.3, 0.4) is 0 Å². The van der Waals surface area contributed by atoms with Crippen molar-refractivity contribution in [1.82, 2.24) is 9.80 Å². The zero-order valence-corrected chi connectivity index (χ0v) is 19.3. The molecule has 1 aliphatic heterocycles. The van der Waals surface area contributed by atoms with Crippen LogP contribution >= 0.6 is 27.5 Å². The zero-order chi connectivity index (χ0) is 21.8. The number of Topliss-reactive ketones (excluding diaryl/α,β-unsaturated/α-hetero) is 2. The maximum atomic E-state index is 13.3. The smallest absolute Gasteiger partial charge is 0.291 e. The topological polar surface area (TPSA) is 57.7 Å². The van der Waals surface area contributed by atoms with E-state index in [4.69, 9.17) is 11.6 Å². The van der Waals surface area contributed by atoms with E-state index in [9.17, 15) is 14.4 Å². The third kappa shape index (κ3) is 4.66. The van der Waals surface area contributed by atoms with Crippen LogP contribution in [0.1, 0.15) is 35.8 Å². The van der Waals surface area contributed by atoms with Crippen molar-refractivity contribution >= 4 is 45.0 Å². The average Bonchev–Trinajstić information content (AvgIpc) is 2.99. The summed E-state index contributed by atoms with van der Waals surface area (Å²) >= 11 is 9.40. The minimum atomic E-state index is -1.08. The van der Waals surface area contributed by atoms with Crippen LogP contribution in [-0.4, -0.2) is 53.5 Å². The monoisotopic (exact) mass is 490 g/mol. The first kappa shape index (κ1) is 22.7. The molecule has 1 saturated heterocycles. The van der Waals surface area contributed by atoms with Gasteiger partial charge in [0.1, 0.15) is 5.92 Å². The summed E-state index contributed by atoms with van der Waals surface area (Å²) in [6.07, 6.45) is 0. The summed E-state index contributed by atoms with van der Waals surface area (Å²) in [6.45, 7) is 6.83. The van der Waals surface area contributed by atoms with Crippen molar-refractivity contribution in [2.75, 3.05) is 26.2 Å². The summed E-state index contributed by atoms with van der Waals surface area (Å²) in [4.78, 5) is 43.0. The number of hydrogen-bond acceptors (Lipinski definition) is 4. The minimum absolute atomic E-state index is 0.361. The molecule has 1 aliphatic rings. The maximum absolute atomic E-state index is 13.3. The summed E-state index contributed by atoms with van der Waals surface area (Å²) < 4.78 is 0.827. The van der Waals surface area contributed by atoms with Gasteiger partial charge >= 0.3 is 0 Å². The number of rotatable bonds is 8. The quantitative estimate of drug-likeness (QED) is 0.312. The molecule has 0 aliphatic carbocycles. The van der Waals surface area contributed by atoms with Gasteiger partial charge in [0.25, 0.3) is 5.91 Å². The predicted octanol–water partition coefficient (Wildman–Crippen LogP) is 4.40. The van der Waals surface area contributed by atoms with Gasteiger partial charge in [0, 0.05) is 28.1 Å². The normalized spacial score (nSPS) is 19.0. The highest BCUT2D eigenvalue weighted by molar-refractivity contribution is 9.10. The molecule has 0 bridgehead atoms. The van der Waals surface area contributed by atoms with Gasteiger partial charge in [0.15, 0.2) is 5.78 Å². The highest BCUT2D eigenvalue weighted by Crippen LogP contribution is 2.38. The number of amides is 1. The standard InChI is InChI=1S/C23H24BrClN2O3/c1-3-26(4-2)12-13-27-20(16-6-5-7-17(24)14-16)19(22(29)23(27)30)21(28)15-8-10-18(25)11-9-15/h5-11,14,19-20H,3-4,12-13H2,1-2H3. The van der Waals surface area contributed by atoms with Crippen molar-refractivity contribution in [3.63, 3.8) is 0 Å². The molecule has 2 aromatic carbocycles. The van der Waals surface area contributed by atoms with E-state index >= 15 is 0 Å². The van der Waals surface area contributed by atoms with E-state index in [1.165, 1.54) is 0 Å². The van der Waals surface area contributed by atoms with E-state index in [2.05, 4.69) is 34.7 Å². The van der Waals surface area contributed by atoms with E-state index < -0.39 is 23.7 Å². The van der Waals surface area contributed by atoms with E-state index in [-0.39, 0.29) is 5.78 Å². The van der Waals surface area contributed by atoms with Gasteiger partial charge in [0.05, 0.1) is 6.04 Å². The van der Waals surface area contributed by atoms with Gasteiger partial charge in [-0.2, -0.15) is 0 Å². The molecule has 0 saturated carbocycles. The largest absolute Gasteiger partial charge is 0.327 e. The lowest BCUT2D eigenvalue weighted by atomic mass is 9.86. The Balaban J connectivity index is 2.00. The molecule has 0 aromatic heterocycles. The Morgan fingerprint density at radius 1 is 1.10 bits per heavy atom. The van der Waals surface area contributed by atoms with Crippen LogP contribution in [0, 0.1) is 5.92 Å². The van der Waals surface area contributed by atoms with E-state index in [0.29, 0.717) is 23.7 Å². The fourth-order valence-corrected chi connectivity index (χ4v) is 4.42. The summed E-state index contributed by atoms with van der Waals surface area (Å²) in [6, 6.07) is 13.2. The van der Waals surface area contributed by atoms with Gasteiger partial charge in [-0.3, -0.25) is 14.4 Å². The number of ketones is 2. The van der Waals surface area contributed by atoms with Gasteiger partial charge in [-0.25, -0.2) is 0 Å². The Hall–Kier alpha value is -2.02. The second kappa shape index (κ2) is 9.86. The number of likely N-dealkylation sites (N-methyl/N-ethyl adjacent to an activating group) is 1. The van der Waals surface area contributed by atoms with Crippen molar-refractivity contribution in [3.05, 3.63) is 69.2 Å². The third-order valence-electron chi connectivity index (χ3n) is 5.56. The summed E-state index contributed by atoms with van der Waals surface area (Å²) in [5.74, 6) is -2.69. The number of likely N-dealkylation sites (tertiary alicyclic amines) is 1. The van der Waals surface area contributed by atoms with E-state index in [1.807, 2.05) is 24.3 Å². The molecule has 1 heterocycles. The Morgan fingerprint density at radius 3 is 2.37 bits per heavy atom. The van der Waals surface area contributed by atoms with Crippen molar-refractivity contribution in [3.8, 4) is 0 Å². The molecule has 2 aromatic rings. The summed E-state index contributed by atoms with van der Waals surface area (Å²) in [5, 5.41) is 0.504. The predicted molar refractivity (Wildman–Crippen MR) is 121 cm³/mol. The third-order valence-corrected chi connectivity index (χ3v) is 6.30. The summed E-state index contributed by atoms with van der Waals surface area (Å²) in [5.41, 5.74) is 1.13. The Morgan fingerprint density at radius 2 is 1.77 bits per heavy atom. The van der Waals surface area contributed by atoms with Gasteiger partial charge in [-0.15, -0.1) is 0 Å². The number of nitrogens with zero attached hydrogens (tertiary/aromatic N) is 2. The Bertz CT molecular complexity index is 944. The number of carbonyl (C=O) groups excluding carboxylic acids is 3. The fourth-order valence-electron chi connectivity index (χ4n) is 3.87. The van der Waals surface area contributed by atoms with Crippen molar-refractivity contribution in [2.45, 2.75) is 19.9 Å². The molecule has 7 heteroatoms. The average molecular weight is 492 g/mol. The molecule has 0 N–H and O–H groups in total. The molecule has 2 unspecified atom stereocenters. The van der Waals surface area contributed by atoms with Gasteiger partial charge in [0.2, 0.25) is 5.78 Å². The number of benzene rings is 2.